The number of carbonyl (C=O) groups excluding carboxylic acids is 1. The molecule has 0 aromatic heterocycles. The predicted octanol–water partition coefficient (Wildman–Crippen LogP) is 0.969. The second-order valence-corrected chi connectivity index (χ2v) is 2.96. The number of esters is 1. The molecule has 4 heteroatoms. The Morgan fingerprint density at radius 1 is 1.58 bits per heavy atom. The normalized spacial score (nSPS) is 10.5. The highest BCUT2D eigenvalue weighted by Crippen LogP contribution is 2.14. The van der Waals surface area contributed by atoms with E-state index in [9.17, 15) is 9.59 Å². The molecule has 0 rings (SSSR count). The van der Waals surface area contributed by atoms with E-state index in [-0.39, 0.29) is 6.42 Å². The van der Waals surface area contributed by atoms with E-state index in [0.29, 0.717) is 0 Å². The number of hydrogen-bond donors (Lipinski definition) is 1. The zero-order valence-corrected chi connectivity index (χ0v) is 7.16. The Kier molecular flexibility index (Phi) is 3.47. The Balaban J connectivity index is 4.11. The number of carboxylic acids is 1. The largest absolute Gasteiger partial charge is 0.481 e. The molecule has 0 amide bonds. The number of rotatable bonds is 4. The van der Waals surface area contributed by atoms with Gasteiger partial charge < -0.3 is 9.84 Å². The van der Waals surface area contributed by atoms with Gasteiger partial charge in [-0.1, -0.05) is 6.58 Å². The van der Waals surface area contributed by atoms with Gasteiger partial charge in [0.05, 0.1) is 6.42 Å². The quantitative estimate of drug-likeness (QED) is 0.507. The second kappa shape index (κ2) is 3.90. The molecule has 12 heavy (non-hydrogen) atoms. The van der Waals surface area contributed by atoms with Gasteiger partial charge in [-0.15, -0.1) is 0 Å². The first-order valence-electron chi connectivity index (χ1n) is 3.44. The minimum Gasteiger partial charge on any atom is -0.481 e. The molecule has 0 saturated carbocycles. The summed E-state index contributed by atoms with van der Waals surface area (Å²) in [4.78, 5) is 20.9. The molecule has 0 spiro atoms. The number of ether oxygens (including phenoxy) is 1. The summed E-state index contributed by atoms with van der Waals surface area (Å²) in [5.74, 6) is -1.61. The van der Waals surface area contributed by atoms with E-state index in [2.05, 4.69) is 6.58 Å². The Labute approximate surface area is 70.8 Å². The van der Waals surface area contributed by atoms with Gasteiger partial charge >= 0.3 is 11.9 Å². The molecule has 0 aliphatic rings. The average Bonchev–Trinajstić information content (AvgIpc) is 1.83. The fraction of sp³-hybridized carbons (Fsp3) is 0.500. The maximum atomic E-state index is 10.7. The summed E-state index contributed by atoms with van der Waals surface area (Å²) in [6.07, 6.45) is 0.788. The summed E-state index contributed by atoms with van der Waals surface area (Å²) in [7, 11) is 0. The molecule has 0 fully saturated rings. The number of carboxylic acid groups (broad SMARTS) is 1. The third kappa shape index (κ3) is 4.49. The first kappa shape index (κ1) is 10.7. The lowest BCUT2D eigenvalue weighted by Crippen LogP contribution is -2.30. The van der Waals surface area contributed by atoms with E-state index < -0.39 is 17.5 Å². The third-order valence-electron chi connectivity index (χ3n) is 1.12. The first-order valence-corrected chi connectivity index (χ1v) is 3.44. The van der Waals surface area contributed by atoms with Crippen LogP contribution in [0.2, 0.25) is 0 Å². The van der Waals surface area contributed by atoms with Crippen LogP contribution in [0.15, 0.2) is 12.7 Å². The van der Waals surface area contributed by atoms with Crippen molar-refractivity contribution in [1.29, 1.82) is 0 Å². The van der Waals surface area contributed by atoms with Gasteiger partial charge in [-0.2, -0.15) is 0 Å². The molecule has 0 atom stereocenters. The van der Waals surface area contributed by atoms with E-state index in [1.807, 2.05) is 0 Å². The number of hydrogen-bond acceptors (Lipinski definition) is 3. The molecule has 0 aromatic rings. The molecule has 0 unspecified atom stereocenters. The smallest absolute Gasteiger partial charge is 0.330 e. The van der Waals surface area contributed by atoms with Crippen molar-refractivity contribution >= 4 is 11.9 Å². The van der Waals surface area contributed by atoms with Crippen LogP contribution < -0.4 is 0 Å². The molecule has 0 aromatic carbocycles. The van der Waals surface area contributed by atoms with Crippen molar-refractivity contribution < 1.29 is 19.4 Å². The van der Waals surface area contributed by atoms with Crippen molar-refractivity contribution in [3.63, 3.8) is 0 Å². The molecule has 0 aliphatic heterocycles. The monoisotopic (exact) mass is 172 g/mol. The minimum absolute atomic E-state index is 0.216. The summed E-state index contributed by atoms with van der Waals surface area (Å²) in [5.41, 5.74) is -0.975. The summed E-state index contributed by atoms with van der Waals surface area (Å²) in [6, 6.07) is 0. The van der Waals surface area contributed by atoms with Crippen LogP contribution in [0.25, 0.3) is 0 Å². The molecule has 0 bridgehead atoms. The van der Waals surface area contributed by atoms with Crippen LogP contribution in [-0.2, 0) is 14.3 Å². The molecule has 0 saturated heterocycles. The molecule has 0 aliphatic carbocycles. The molecular weight excluding hydrogens is 160 g/mol. The van der Waals surface area contributed by atoms with Crippen LogP contribution in [0.1, 0.15) is 20.3 Å². The van der Waals surface area contributed by atoms with Crippen LogP contribution in [-0.4, -0.2) is 22.6 Å². The van der Waals surface area contributed by atoms with Crippen molar-refractivity contribution in [2.45, 2.75) is 25.9 Å². The van der Waals surface area contributed by atoms with E-state index in [0.717, 1.165) is 6.08 Å². The Hall–Kier alpha value is -1.32. The maximum Gasteiger partial charge on any atom is 0.330 e. The van der Waals surface area contributed by atoms with Gasteiger partial charge in [-0.25, -0.2) is 4.79 Å². The highest BCUT2D eigenvalue weighted by atomic mass is 16.6. The third-order valence-corrected chi connectivity index (χ3v) is 1.12. The van der Waals surface area contributed by atoms with Crippen LogP contribution in [0.4, 0.5) is 0 Å². The highest BCUT2D eigenvalue weighted by molar-refractivity contribution is 5.82. The summed E-state index contributed by atoms with van der Waals surface area (Å²) in [6.45, 7) is 6.26. The number of carbonyl (C=O) groups is 2. The molecule has 4 nitrogen and oxygen atoms in total. The van der Waals surface area contributed by atoms with Gasteiger partial charge in [-0.05, 0) is 13.8 Å². The van der Waals surface area contributed by atoms with Gasteiger partial charge in [0, 0.05) is 6.08 Å². The van der Waals surface area contributed by atoms with Crippen LogP contribution in [0.5, 0.6) is 0 Å². The summed E-state index contributed by atoms with van der Waals surface area (Å²) < 4.78 is 4.76. The van der Waals surface area contributed by atoms with E-state index in [4.69, 9.17) is 9.84 Å². The van der Waals surface area contributed by atoms with Gasteiger partial charge in [-0.3, -0.25) is 4.79 Å². The Morgan fingerprint density at radius 3 is 2.42 bits per heavy atom. The first-order chi connectivity index (χ1) is 5.37. The zero-order chi connectivity index (χ0) is 9.78. The van der Waals surface area contributed by atoms with Crippen molar-refractivity contribution in [3.8, 4) is 0 Å². The Bertz CT molecular complexity index is 205. The lowest BCUT2D eigenvalue weighted by atomic mass is 10.1. The van der Waals surface area contributed by atoms with Gasteiger partial charge in [0.2, 0.25) is 0 Å². The van der Waals surface area contributed by atoms with Crippen LogP contribution in [0, 0.1) is 0 Å². The van der Waals surface area contributed by atoms with Crippen LogP contribution >= 0.6 is 0 Å². The van der Waals surface area contributed by atoms with Gasteiger partial charge in [0.25, 0.3) is 0 Å². The summed E-state index contributed by atoms with van der Waals surface area (Å²) >= 11 is 0. The zero-order valence-electron chi connectivity index (χ0n) is 7.16. The molecule has 0 radical (unpaired) electrons. The molecule has 0 heterocycles. The highest BCUT2D eigenvalue weighted by Gasteiger charge is 2.24. The molecular formula is C8H12O4. The van der Waals surface area contributed by atoms with Crippen molar-refractivity contribution in [1.82, 2.24) is 0 Å². The predicted molar refractivity (Wildman–Crippen MR) is 42.6 cm³/mol. The van der Waals surface area contributed by atoms with E-state index in [1.54, 1.807) is 0 Å². The van der Waals surface area contributed by atoms with Crippen molar-refractivity contribution in [3.05, 3.63) is 12.7 Å². The topological polar surface area (TPSA) is 63.6 Å². The van der Waals surface area contributed by atoms with E-state index in [1.165, 1.54) is 13.8 Å². The van der Waals surface area contributed by atoms with E-state index >= 15 is 0 Å². The standard InChI is InChI=1S/C8H12O4/c1-4-7(11)12-8(2,3)5-6(9)10/h4H,1,5H2,2-3H3,(H,9,10). The fourth-order valence-electron chi connectivity index (χ4n) is 0.714. The maximum absolute atomic E-state index is 10.7. The summed E-state index contributed by atoms with van der Waals surface area (Å²) in [5, 5.41) is 8.42. The number of aliphatic carboxylic acids is 1. The second-order valence-electron chi connectivity index (χ2n) is 2.96. The average molecular weight is 172 g/mol. The Morgan fingerprint density at radius 2 is 2.08 bits per heavy atom. The molecule has 1 N–H and O–H groups in total. The van der Waals surface area contributed by atoms with Gasteiger partial charge in [0.15, 0.2) is 0 Å². The van der Waals surface area contributed by atoms with Crippen molar-refractivity contribution in [2.75, 3.05) is 0 Å². The van der Waals surface area contributed by atoms with Crippen molar-refractivity contribution in [2.24, 2.45) is 0 Å². The SMILES string of the molecule is C=CC(=O)OC(C)(C)CC(=O)O. The lowest BCUT2D eigenvalue weighted by molar-refractivity contribution is -0.156. The molecule has 68 valence electrons. The fourth-order valence-corrected chi connectivity index (χ4v) is 0.714. The van der Waals surface area contributed by atoms with Crippen LogP contribution in [0.3, 0.4) is 0 Å². The lowest BCUT2D eigenvalue weighted by Gasteiger charge is -2.21. The van der Waals surface area contributed by atoms with Gasteiger partial charge in [0.1, 0.15) is 5.60 Å². The minimum atomic E-state index is -1.00.